The number of Topliss-reactive ketones (excluding diaryl/α,β-unsaturated/α-hetero) is 1. The summed E-state index contributed by atoms with van der Waals surface area (Å²) in [5.41, 5.74) is 8.65. The van der Waals surface area contributed by atoms with E-state index in [1.165, 1.54) is 11.1 Å². The molecule has 92 valence electrons. The smallest absolute Gasteiger partial charge is 0.150 e. The lowest BCUT2D eigenvalue weighted by molar-refractivity contribution is -0.121. The van der Waals surface area contributed by atoms with E-state index in [4.69, 9.17) is 5.73 Å². The van der Waals surface area contributed by atoms with Crippen molar-refractivity contribution in [2.75, 3.05) is 0 Å². The summed E-state index contributed by atoms with van der Waals surface area (Å²) in [6.45, 7) is 4.21. The summed E-state index contributed by atoms with van der Waals surface area (Å²) in [7, 11) is 0. The summed E-state index contributed by atoms with van der Waals surface area (Å²) in [5.74, 6) is 1.12. The van der Waals surface area contributed by atoms with Crippen molar-refractivity contribution in [2.45, 2.75) is 45.1 Å². The van der Waals surface area contributed by atoms with Crippen molar-refractivity contribution in [1.82, 2.24) is 0 Å². The highest BCUT2D eigenvalue weighted by atomic mass is 16.1. The van der Waals surface area contributed by atoms with Gasteiger partial charge >= 0.3 is 0 Å². The first kappa shape index (κ1) is 12.3. The molecule has 1 aliphatic rings. The van der Waals surface area contributed by atoms with Crippen LogP contribution in [0.3, 0.4) is 0 Å². The highest BCUT2D eigenvalue weighted by Gasteiger charge is 2.29. The molecule has 0 amide bonds. The molecule has 0 saturated heterocycles. The maximum Gasteiger partial charge on any atom is 0.150 e. The van der Waals surface area contributed by atoms with Gasteiger partial charge < -0.3 is 5.73 Å². The van der Waals surface area contributed by atoms with E-state index >= 15 is 0 Å². The molecule has 0 aromatic heterocycles. The normalized spacial score (nSPS) is 19.6. The van der Waals surface area contributed by atoms with Crippen LogP contribution >= 0.6 is 0 Å². The first-order valence-electron chi connectivity index (χ1n) is 6.44. The van der Waals surface area contributed by atoms with Gasteiger partial charge in [0.15, 0.2) is 0 Å². The van der Waals surface area contributed by atoms with Crippen LogP contribution in [0.15, 0.2) is 24.3 Å². The molecule has 1 aromatic rings. The predicted molar refractivity (Wildman–Crippen MR) is 69.9 cm³/mol. The summed E-state index contributed by atoms with van der Waals surface area (Å²) in [6.07, 6.45) is 2.45. The number of carbonyl (C=O) groups excluding carboxylic acids is 1. The van der Waals surface area contributed by atoms with Crippen molar-refractivity contribution >= 4 is 5.78 Å². The van der Waals surface area contributed by atoms with Gasteiger partial charge in [0.1, 0.15) is 5.78 Å². The van der Waals surface area contributed by atoms with Crippen LogP contribution in [0.5, 0.6) is 0 Å². The Hall–Kier alpha value is -1.15. The molecule has 0 spiro atoms. The lowest BCUT2D eigenvalue weighted by atomic mass is 9.74. The molecule has 0 bridgehead atoms. The van der Waals surface area contributed by atoms with E-state index in [0.29, 0.717) is 18.3 Å². The summed E-state index contributed by atoms with van der Waals surface area (Å²) < 4.78 is 0. The van der Waals surface area contributed by atoms with Gasteiger partial charge in [0.25, 0.3) is 0 Å². The third kappa shape index (κ3) is 2.75. The van der Waals surface area contributed by atoms with Gasteiger partial charge in [-0.1, -0.05) is 38.1 Å². The Balaban J connectivity index is 1.90. The molecule has 0 heterocycles. The topological polar surface area (TPSA) is 43.1 Å². The maximum absolute atomic E-state index is 12.0. The number of benzene rings is 1. The third-order valence-corrected chi connectivity index (χ3v) is 3.55. The second-order valence-corrected chi connectivity index (χ2v) is 5.51. The summed E-state index contributed by atoms with van der Waals surface area (Å²) in [6, 6.07) is 8.10. The number of hydrogen-bond acceptors (Lipinski definition) is 2. The fraction of sp³-hybridized carbons (Fsp3) is 0.533. The standard InChI is InChI=1S/C15H21NO/c1-10(2)7-14(16)15(17)9-12-8-11-5-3-4-6-13(11)12/h3-6,10,12,14H,7-9,16H2,1-2H3. The maximum atomic E-state index is 12.0. The molecule has 2 N–H and O–H groups in total. The van der Waals surface area contributed by atoms with Gasteiger partial charge in [-0.25, -0.2) is 0 Å². The zero-order chi connectivity index (χ0) is 12.4. The van der Waals surface area contributed by atoms with E-state index in [-0.39, 0.29) is 11.8 Å². The van der Waals surface area contributed by atoms with E-state index in [1.807, 2.05) is 6.07 Å². The first-order chi connectivity index (χ1) is 8.08. The first-order valence-corrected chi connectivity index (χ1v) is 6.44. The minimum absolute atomic E-state index is 0.221. The van der Waals surface area contributed by atoms with Gasteiger partial charge in [-0.15, -0.1) is 0 Å². The number of hydrogen-bond donors (Lipinski definition) is 1. The average Bonchev–Trinajstić information content (AvgIpc) is 2.24. The minimum atomic E-state index is -0.275. The highest BCUT2D eigenvalue weighted by Crippen LogP contribution is 2.37. The van der Waals surface area contributed by atoms with Gasteiger partial charge in [-0.05, 0) is 35.8 Å². The monoisotopic (exact) mass is 231 g/mol. The Morgan fingerprint density at radius 3 is 2.76 bits per heavy atom. The van der Waals surface area contributed by atoms with Crippen molar-refractivity contribution in [2.24, 2.45) is 11.7 Å². The third-order valence-electron chi connectivity index (χ3n) is 3.55. The van der Waals surface area contributed by atoms with E-state index < -0.39 is 0 Å². The average molecular weight is 231 g/mol. The molecular weight excluding hydrogens is 210 g/mol. The molecule has 0 fully saturated rings. The predicted octanol–water partition coefficient (Wildman–Crippen LogP) is 2.66. The van der Waals surface area contributed by atoms with Crippen molar-refractivity contribution in [3.05, 3.63) is 35.4 Å². The van der Waals surface area contributed by atoms with Crippen LogP contribution in [-0.4, -0.2) is 11.8 Å². The summed E-state index contributed by atoms with van der Waals surface area (Å²) >= 11 is 0. The van der Waals surface area contributed by atoms with Gasteiger partial charge in [-0.3, -0.25) is 4.79 Å². The van der Waals surface area contributed by atoms with Crippen LogP contribution in [0.1, 0.15) is 43.7 Å². The zero-order valence-corrected chi connectivity index (χ0v) is 10.6. The Labute approximate surface area is 103 Å². The van der Waals surface area contributed by atoms with E-state index in [9.17, 15) is 4.79 Å². The number of carbonyl (C=O) groups is 1. The Morgan fingerprint density at radius 1 is 1.41 bits per heavy atom. The second-order valence-electron chi connectivity index (χ2n) is 5.51. The lowest BCUT2D eigenvalue weighted by Gasteiger charge is -2.30. The summed E-state index contributed by atoms with van der Waals surface area (Å²) in [5, 5.41) is 0. The molecule has 0 saturated carbocycles. The van der Waals surface area contributed by atoms with E-state index in [0.717, 1.165) is 12.8 Å². The van der Waals surface area contributed by atoms with Gasteiger partial charge in [0, 0.05) is 6.42 Å². The van der Waals surface area contributed by atoms with Crippen LogP contribution in [0, 0.1) is 5.92 Å². The van der Waals surface area contributed by atoms with Crippen molar-refractivity contribution in [3.63, 3.8) is 0 Å². The van der Waals surface area contributed by atoms with Crippen LogP contribution in [-0.2, 0) is 11.2 Å². The Morgan fingerprint density at radius 2 is 2.12 bits per heavy atom. The Bertz CT molecular complexity index is 411. The van der Waals surface area contributed by atoms with Crippen molar-refractivity contribution < 1.29 is 4.79 Å². The SMILES string of the molecule is CC(C)CC(N)C(=O)CC1Cc2ccccc21. The largest absolute Gasteiger partial charge is 0.322 e. The van der Waals surface area contributed by atoms with Crippen LogP contribution in [0.4, 0.5) is 0 Å². The molecule has 17 heavy (non-hydrogen) atoms. The number of ketones is 1. The van der Waals surface area contributed by atoms with Crippen LogP contribution < -0.4 is 5.73 Å². The lowest BCUT2D eigenvalue weighted by Crippen LogP contribution is -2.34. The number of nitrogens with two attached hydrogens (primary N) is 1. The number of rotatable bonds is 5. The highest BCUT2D eigenvalue weighted by molar-refractivity contribution is 5.85. The van der Waals surface area contributed by atoms with Gasteiger partial charge in [0.05, 0.1) is 6.04 Å². The molecule has 2 rings (SSSR count). The molecule has 2 unspecified atom stereocenters. The molecule has 2 atom stereocenters. The van der Waals surface area contributed by atoms with E-state index in [1.54, 1.807) is 0 Å². The molecule has 1 aliphatic carbocycles. The van der Waals surface area contributed by atoms with Crippen LogP contribution in [0.25, 0.3) is 0 Å². The molecule has 0 aliphatic heterocycles. The minimum Gasteiger partial charge on any atom is -0.322 e. The molecule has 2 heteroatoms. The van der Waals surface area contributed by atoms with Gasteiger partial charge in [-0.2, -0.15) is 0 Å². The van der Waals surface area contributed by atoms with Crippen molar-refractivity contribution in [1.29, 1.82) is 0 Å². The van der Waals surface area contributed by atoms with Gasteiger partial charge in [0.2, 0.25) is 0 Å². The fourth-order valence-electron chi connectivity index (χ4n) is 2.58. The summed E-state index contributed by atoms with van der Waals surface area (Å²) in [4.78, 5) is 12.0. The number of fused-ring (bicyclic) bond motifs is 1. The molecular formula is C15H21NO. The van der Waals surface area contributed by atoms with E-state index in [2.05, 4.69) is 32.0 Å². The molecule has 2 nitrogen and oxygen atoms in total. The fourth-order valence-corrected chi connectivity index (χ4v) is 2.58. The molecule has 0 radical (unpaired) electrons. The zero-order valence-electron chi connectivity index (χ0n) is 10.6. The van der Waals surface area contributed by atoms with Crippen LogP contribution in [0.2, 0.25) is 0 Å². The second kappa shape index (κ2) is 5.01. The quantitative estimate of drug-likeness (QED) is 0.846. The van der Waals surface area contributed by atoms with Crippen molar-refractivity contribution in [3.8, 4) is 0 Å². The molecule has 1 aromatic carbocycles. The Kier molecular flexibility index (Phi) is 3.63.